The topological polar surface area (TPSA) is 66.4 Å². The number of unbranched alkanes of at least 4 members (excludes halogenated alkanes) is 3. The van der Waals surface area contributed by atoms with Gasteiger partial charge in [-0.15, -0.1) is 0 Å². The Morgan fingerprint density at radius 3 is 2.30 bits per heavy atom. The molecule has 0 radical (unpaired) electrons. The lowest BCUT2D eigenvalue weighted by atomic mass is 9.94. The van der Waals surface area contributed by atoms with Crippen molar-refractivity contribution >= 4 is 10.0 Å². The Hall–Kier alpha value is -0.910. The van der Waals surface area contributed by atoms with Crippen molar-refractivity contribution in [2.75, 3.05) is 0 Å². The fraction of sp³-hybridized carbons (Fsp3) is 0.667. The molecule has 0 saturated heterocycles. The first-order valence-corrected chi connectivity index (χ1v) is 10.3. The monoisotopic (exact) mass is 339 g/mol. The van der Waals surface area contributed by atoms with Crippen molar-refractivity contribution in [3.05, 3.63) is 29.8 Å². The van der Waals surface area contributed by atoms with Gasteiger partial charge in [0.15, 0.2) is 0 Å². The molecule has 23 heavy (non-hydrogen) atoms. The highest BCUT2D eigenvalue weighted by atomic mass is 32.2. The van der Waals surface area contributed by atoms with E-state index in [-0.39, 0.29) is 12.1 Å². The van der Waals surface area contributed by atoms with Crippen molar-refractivity contribution in [3.63, 3.8) is 0 Å². The number of benzene rings is 1. The molecule has 1 fully saturated rings. The lowest BCUT2D eigenvalue weighted by Gasteiger charge is -2.26. The van der Waals surface area contributed by atoms with Gasteiger partial charge in [-0.3, -0.25) is 0 Å². The Labute approximate surface area is 140 Å². The molecule has 0 spiro atoms. The number of aliphatic hydroxyl groups excluding tert-OH is 1. The molecule has 0 atom stereocenters. The summed E-state index contributed by atoms with van der Waals surface area (Å²) in [5.74, 6) is 0. The number of hydrogen-bond donors (Lipinski definition) is 2. The molecule has 2 N–H and O–H groups in total. The number of aliphatic hydroxyl groups is 1. The first kappa shape index (κ1) is 18.4. The third-order valence-electron chi connectivity index (χ3n) is 4.57. The molecule has 1 saturated carbocycles. The summed E-state index contributed by atoms with van der Waals surface area (Å²) in [4.78, 5) is 0.334. The first-order valence-electron chi connectivity index (χ1n) is 8.80. The molecule has 1 aromatic rings. The standard InChI is InChI=1S/C18H29NO3S/c1-2-3-4-5-6-15-7-13-18(14-8-15)23(21,22)19-16-9-11-17(20)12-10-16/h7-8,13-14,16-17,19-20H,2-6,9-12H2,1H3. The number of aryl methyl sites for hydroxylation is 1. The summed E-state index contributed by atoms with van der Waals surface area (Å²) in [7, 11) is -3.45. The van der Waals surface area contributed by atoms with Crippen LogP contribution in [0.15, 0.2) is 29.2 Å². The van der Waals surface area contributed by atoms with Crippen LogP contribution >= 0.6 is 0 Å². The van der Waals surface area contributed by atoms with E-state index < -0.39 is 10.0 Å². The molecular weight excluding hydrogens is 310 g/mol. The molecule has 0 aliphatic heterocycles. The average Bonchev–Trinajstić information content (AvgIpc) is 2.54. The van der Waals surface area contributed by atoms with Crippen molar-refractivity contribution in [2.45, 2.75) is 81.8 Å². The van der Waals surface area contributed by atoms with Gasteiger partial charge in [0.25, 0.3) is 0 Å². The number of sulfonamides is 1. The molecule has 130 valence electrons. The van der Waals surface area contributed by atoms with Gasteiger partial charge in [0.05, 0.1) is 11.0 Å². The second-order valence-corrected chi connectivity index (χ2v) is 8.30. The molecule has 0 amide bonds. The average molecular weight is 340 g/mol. The molecule has 1 aromatic carbocycles. The predicted molar refractivity (Wildman–Crippen MR) is 92.9 cm³/mol. The highest BCUT2D eigenvalue weighted by molar-refractivity contribution is 7.89. The van der Waals surface area contributed by atoms with Crippen LogP contribution in [0.1, 0.15) is 63.9 Å². The largest absolute Gasteiger partial charge is 0.393 e. The fourth-order valence-corrected chi connectivity index (χ4v) is 4.38. The Bertz CT molecular complexity index is 560. The molecule has 1 aliphatic rings. The fourth-order valence-electron chi connectivity index (χ4n) is 3.07. The van der Waals surface area contributed by atoms with E-state index in [1.54, 1.807) is 12.1 Å². The maximum Gasteiger partial charge on any atom is 0.240 e. The van der Waals surface area contributed by atoms with Gasteiger partial charge >= 0.3 is 0 Å². The van der Waals surface area contributed by atoms with E-state index in [2.05, 4.69) is 11.6 Å². The number of hydrogen-bond acceptors (Lipinski definition) is 3. The van der Waals surface area contributed by atoms with Gasteiger partial charge in [-0.05, 0) is 56.2 Å². The lowest BCUT2D eigenvalue weighted by molar-refractivity contribution is 0.120. The van der Waals surface area contributed by atoms with Crippen molar-refractivity contribution in [1.82, 2.24) is 4.72 Å². The summed E-state index contributed by atoms with van der Waals surface area (Å²) >= 11 is 0. The molecule has 0 heterocycles. The molecule has 0 aromatic heterocycles. The van der Waals surface area contributed by atoms with Crippen LogP contribution in [0.5, 0.6) is 0 Å². The van der Waals surface area contributed by atoms with E-state index in [1.165, 1.54) is 24.8 Å². The van der Waals surface area contributed by atoms with Gasteiger partial charge in [0.1, 0.15) is 0 Å². The molecule has 1 aliphatic carbocycles. The van der Waals surface area contributed by atoms with Crippen molar-refractivity contribution in [3.8, 4) is 0 Å². The minimum atomic E-state index is -3.45. The normalized spacial score (nSPS) is 22.2. The van der Waals surface area contributed by atoms with Crippen LogP contribution in [0.25, 0.3) is 0 Å². The van der Waals surface area contributed by atoms with Crippen molar-refractivity contribution in [2.24, 2.45) is 0 Å². The van der Waals surface area contributed by atoms with Gasteiger partial charge in [0.2, 0.25) is 10.0 Å². The zero-order chi connectivity index (χ0) is 16.7. The van der Waals surface area contributed by atoms with Crippen LogP contribution < -0.4 is 4.72 Å². The highest BCUT2D eigenvalue weighted by Crippen LogP contribution is 2.21. The SMILES string of the molecule is CCCCCCc1ccc(S(=O)(=O)NC2CCC(O)CC2)cc1. The zero-order valence-corrected chi connectivity index (χ0v) is 14.8. The van der Waals surface area contributed by atoms with Gasteiger partial charge in [0, 0.05) is 6.04 Å². The van der Waals surface area contributed by atoms with E-state index in [4.69, 9.17) is 0 Å². The van der Waals surface area contributed by atoms with Crippen LogP contribution in [0, 0.1) is 0 Å². The minimum Gasteiger partial charge on any atom is -0.393 e. The third-order valence-corrected chi connectivity index (χ3v) is 6.11. The molecular formula is C18H29NO3S. The van der Waals surface area contributed by atoms with E-state index in [0.29, 0.717) is 30.6 Å². The Morgan fingerprint density at radius 2 is 1.70 bits per heavy atom. The van der Waals surface area contributed by atoms with Crippen LogP contribution in [-0.4, -0.2) is 25.7 Å². The summed E-state index contributed by atoms with van der Waals surface area (Å²) in [6.07, 6.45) is 8.35. The quantitative estimate of drug-likeness (QED) is 0.714. The van der Waals surface area contributed by atoms with Crippen LogP contribution in [-0.2, 0) is 16.4 Å². The molecule has 2 rings (SSSR count). The van der Waals surface area contributed by atoms with Crippen LogP contribution in [0.2, 0.25) is 0 Å². The van der Waals surface area contributed by atoms with Gasteiger partial charge in [-0.1, -0.05) is 38.3 Å². The number of rotatable bonds is 8. The van der Waals surface area contributed by atoms with Gasteiger partial charge < -0.3 is 5.11 Å². The predicted octanol–water partition coefficient (Wildman–Crippen LogP) is 3.39. The smallest absolute Gasteiger partial charge is 0.240 e. The zero-order valence-electron chi connectivity index (χ0n) is 14.0. The van der Waals surface area contributed by atoms with Gasteiger partial charge in [-0.2, -0.15) is 0 Å². The Balaban J connectivity index is 1.89. The third kappa shape index (κ3) is 5.90. The summed E-state index contributed by atoms with van der Waals surface area (Å²) in [5.41, 5.74) is 1.20. The van der Waals surface area contributed by atoms with E-state index >= 15 is 0 Å². The summed E-state index contributed by atoms with van der Waals surface area (Å²) in [5, 5.41) is 9.50. The van der Waals surface area contributed by atoms with E-state index in [0.717, 1.165) is 12.8 Å². The van der Waals surface area contributed by atoms with Gasteiger partial charge in [-0.25, -0.2) is 13.1 Å². The molecule has 4 nitrogen and oxygen atoms in total. The summed E-state index contributed by atoms with van der Waals surface area (Å²) in [6.45, 7) is 2.19. The lowest BCUT2D eigenvalue weighted by Crippen LogP contribution is -2.38. The Morgan fingerprint density at radius 1 is 1.04 bits per heavy atom. The first-order chi connectivity index (χ1) is 11.0. The van der Waals surface area contributed by atoms with E-state index in [1.807, 2.05) is 12.1 Å². The summed E-state index contributed by atoms with van der Waals surface area (Å²) < 4.78 is 27.6. The Kier molecular flexibility index (Phi) is 7.06. The maximum absolute atomic E-state index is 12.4. The van der Waals surface area contributed by atoms with Crippen LogP contribution in [0.4, 0.5) is 0 Å². The van der Waals surface area contributed by atoms with Crippen LogP contribution in [0.3, 0.4) is 0 Å². The second-order valence-electron chi connectivity index (χ2n) is 6.58. The molecule has 0 bridgehead atoms. The second kappa shape index (κ2) is 8.81. The summed E-state index contributed by atoms with van der Waals surface area (Å²) in [6, 6.07) is 7.19. The molecule has 5 heteroatoms. The molecule has 0 unspecified atom stereocenters. The minimum absolute atomic E-state index is 0.0582. The van der Waals surface area contributed by atoms with E-state index in [9.17, 15) is 13.5 Å². The maximum atomic E-state index is 12.4. The van der Waals surface area contributed by atoms with Crippen molar-refractivity contribution in [1.29, 1.82) is 0 Å². The number of nitrogens with one attached hydrogen (secondary N) is 1. The van der Waals surface area contributed by atoms with Crippen molar-refractivity contribution < 1.29 is 13.5 Å². The highest BCUT2D eigenvalue weighted by Gasteiger charge is 2.24.